The van der Waals surface area contributed by atoms with Gasteiger partial charge < -0.3 is 10.6 Å². The van der Waals surface area contributed by atoms with E-state index in [1.54, 1.807) is 0 Å². The Morgan fingerprint density at radius 1 is 1.10 bits per heavy atom. The lowest BCUT2D eigenvalue weighted by Crippen LogP contribution is -2.62. The molecule has 31 heavy (non-hydrogen) atoms. The van der Waals surface area contributed by atoms with Crippen LogP contribution in [0.15, 0.2) is 42.6 Å². The van der Waals surface area contributed by atoms with E-state index in [9.17, 15) is 31.1 Å². The molecule has 0 spiro atoms. The Morgan fingerprint density at radius 2 is 1.77 bits per heavy atom. The number of nitrogens with one attached hydrogen (secondary N) is 2. The van der Waals surface area contributed by atoms with Crippen molar-refractivity contribution in [2.75, 3.05) is 6.54 Å². The molecule has 3 nitrogen and oxygen atoms in total. The van der Waals surface area contributed by atoms with Crippen molar-refractivity contribution in [1.82, 2.24) is 10.6 Å². The number of benzene rings is 1. The fourth-order valence-electron chi connectivity index (χ4n) is 3.77. The molecule has 1 fully saturated rings. The Labute approximate surface area is 184 Å². The van der Waals surface area contributed by atoms with Gasteiger partial charge in [0.1, 0.15) is 0 Å². The number of carbonyl (C=O) groups is 1. The standard InChI is InChI=1S/C20H18Cl2F6N2O/c21-14-5-3-4-13(15(14)22)16(31)29-11-12(10-17(7-8-17)19(23,24)25)18(20(26,27)28)6-1-2-9-30-18/h1-6,9,12,30H,7-8,10-11H2,(H,29,31). The first-order chi connectivity index (χ1) is 14.3. The summed E-state index contributed by atoms with van der Waals surface area (Å²) in [5, 5.41) is 4.48. The highest BCUT2D eigenvalue weighted by Gasteiger charge is 2.67. The number of rotatable bonds is 6. The first-order valence-electron chi connectivity index (χ1n) is 9.31. The highest BCUT2D eigenvalue weighted by atomic mass is 35.5. The fraction of sp³-hybridized carbons (Fsp3) is 0.450. The molecule has 2 atom stereocenters. The zero-order valence-electron chi connectivity index (χ0n) is 15.9. The summed E-state index contributed by atoms with van der Waals surface area (Å²) in [4.78, 5) is 12.5. The molecule has 0 bridgehead atoms. The van der Waals surface area contributed by atoms with Gasteiger partial charge in [0.15, 0.2) is 5.54 Å². The quantitative estimate of drug-likeness (QED) is 0.480. The molecule has 1 aliphatic carbocycles. The molecule has 1 aliphatic heterocycles. The van der Waals surface area contributed by atoms with Gasteiger partial charge in [0.05, 0.1) is 21.0 Å². The summed E-state index contributed by atoms with van der Waals surface area (Å²) < 4.78 is 83.0. The molecular weight excluding hydrogens is 469 g/mol. The average molecular weight is 487 g/mol. The molecule has 2 unspecified atom stereocenters. The lowest BCUT2D eigenvalue weighted by atomic mass is 9.75. The second-order valence-corrected chi connectivity index (χ2v) is 8.51. The van der Waals surface area contributed by atoms with Crippen LogP contribution in [0.4, 0.5) is 26.3 Å². The topological polar surface area (TPSA) is 41.1 Å². The van der Waals surface area contributed by atoms with Crippen LogP contribution in [-0.4, -0.2) is 30.3 Å². The molecule has 1 saturated carbocycles. The van der Waals surface area contributed by atoms with Gasteiger partial charge in [-0.15, -0.1) is 0 Å². The van der Waals surface area contributed by atoms with Crippen LogP contribution in [0.25, 0.3) is 0 Å². The van der Waals surface area contributed by atoms with E-state index in [1.165, 1.54) is 24.3 Å². The summed E-state index contributed by atoms with van der Waals surface area (Å²) in [6, 6.07) is 4.17. The molecule has 0 aromatic heterocycles. The van der Waals surface area contributed by atoms with Gasteiger partial charge in [0.25, 0.3) is 5.91 Å². The minimum Gasteiger partial charge on any atom is -0.374 e. The van der Waals surface area contributed by atoms with Gasteiger partial charge in [-0.3, -0.25) is 4.79 Å². The average Bonchev–Trinajstić information content (AvgIpc) is 3.47. The molecule has 1 amide bonds. The van der Waals surface area contributed by atoms with E-state index in [0.717, 1.165) is 18.4 Å². The molecule has 170 valence electrons. The molecule has 3 rings (SSSR count). The Kier molecular flexibility index (Phi) is 6.32. The van der Waals surface area contributed by atoms with Crippen molar-refractivity contribution in [3.05, 3.63) is 58.2 Å². The predicted molar refractivity (Wildman–Crippen MR) is 105 cm³/mol. The Balaban J connectivity index is 1.91. The van der Waals surface area contributed by atoms with Crippen molar-refractivity contribution < 1.29 is 31.1 Å². The second kappa shape index (κ2) is 8.24. The minimum absolute atomic E-state index is 0.0636. The highest BCUT2D eigenvalue weighted by Crippen LogP contribution is 2.62. The number of carbonyl (C=O) groups excluding carboxylic acids is 1. The van der Waals surface area contributed by atoms with Gasteiger partial charge in [0, 0.05) is 12.5 Å². The number of halogens is 8. The molecule has 0 saturated heterocycles. The van der Waals surface area contributed by atoms with Crippen molar-refractivity contribution in [2.45, 2.75) is 37.2 Å². The number of hydrogen-bond acceptors (Lipinski definition) is 2. The van der Waals surface area contributed by atoms with Gasteiger partial charge in [-0.1, -0.05) is 35.3 Å². The van der Waals surface area contributed by atoms with Crippen LogP contribution in [0.1, 0.15) is 29.6 Å². The van der Waals surface area contributed by atoms with Gasteiger partial charge in [-0.05, 0) is 49.7 Å². The smallest absolute Gasteiger partial charge is 0.374 e. The van der Waals surface area contributed by atoms with Gasteiger partial charge >= 0.3 is 12.4 Å². The van der Waals surface area contributed by atoms with Gasteiger partial charge in [-0.2, -0.15) is 26.3 Å². The van der Waals surface area contributed by atoms with Crippen LogP contribution in [0.5, 0.6) is 0 Å². The molecular formula is C20H18Cl2F6N2O. The van der Waals surface area contributed by atoms with E-state index in [1.807, 2.05) is 0 Å². The van der Waals surface area contributed by atoms with Crippen molar-refractivity contribution >= 4 is 29.1 Å². The van der Waals surface area contributed by atoms with E-state index in [0.29, 0.717) is 0 Å². The van der Waals surface area contributed by atoms with Crippen molar-refractivity contribution in [3.8, 4) is 0 Å². The summed E-state index contributed by atoms with van der Waals surface area (Å²) >= 11 is 11.8. The van der Waals surface area contributed by atoms with Crippen LogP contribution in [-0.2, 0) is 0 Å². The highest BCUT2D eigenvalue weighted by molar-refractivity contribution is 6.43. The fourth-order valence-corrected chi connectivity index (χ4v) is 4.16. The molecule has 0 radical (unpaired) electrons. The lowest BCUT2D eigenvalue weighted by molar-refractivity contribution is -0.215. The monoisotopic (exact) mass is 486 g/mol. The number of hydrogen-bond donors (Lipinski definition) is 2. The normalized spacial score (nSPS) is 23.2. The molecule has 1 aromatic carbocycles. The largest absolute Gasteiger partial charge is 0.415 e. The number of dihydropyridines is 1. The van der Waals surface area contributed by atoms with Gasteiger partial charge in [0.2, 0.25) is 0 Å². The minimum atomic E-state index is -4.92. The third kappa shape index (κ3) is 4.53. The molecule has 2 N–H and O–H groups in total. The van der Waals surface area contributed by atoms with E-state index in [4.69, 9.17) is 23.2 Å². The molecule has 2 aliphatic rings. The number of allylic oxidation sites excluding steroid dienone is 2. The van der Waals surface area contributed by atoms with Crippen LogP contribution in [0.2, 0.25) is 10.0 Å². The summed E-state index contributed by atoms with van der Waals surface area (Å²) in [6.07, 6.45) is -6.62. The summed E-state index contributed by atoms with van der Waals surface area (Å²) in [7, 11) is 0. The predicted octanol–water partition coefficient (Wildman–Crippen LogP) is 6.05. The molecule has 11 heteroatoms. The van der Waals surface area contributed by atoms with Crippen molar-refractivity contribution in [2.24, 2.45) is 11.3 Å². The van der Waals surface area contributed by atoms with Crippen LogP contribution in [0, 0.1) is 11.3 Å². The summed E-state index contributed by atoms with van der Waals surface area (Å²) in [5.41, 5.74) is -5.06. The molecule has 1 aromatic rings. The maximum Gasteiger partial charge on any atom is 0.415 e. The number of amides is 1. The Morgan fingerprint density at radius 3 is 2.29 bits per heavy atom. The maximum atomic E-state index is 14.1. The first-order valence-corrected chi connectivity index (χ1v) is 10.1. The Bertz CT molecular complexity index is 908. The van der Waals surface area contributed by atoms with E-state index < -0.39 is 48.1 Å². The zero-order valence-corrected chi connectivity index (χ0v) is 17.4. The Hall–Kier alpha value is -1.87. The zero-order chi connectivity index (χ0) is 23.1. The maximum absolute atomic E-state index is 14.1. The number of alkyl halides is 6. The van der Waals surface area contributed by atoms with Crippen LogP contribution >= 0.6 is 23.2 Å². The van der Waals surface area contributed by atoms with Crippen molar-refractivity contribution in [1.29, 1.82) is 0 Å². The third-order valence-electron chi connectivity index (χ3n) is 5.80. The van der Waals surface area contributed by atoms with E-state index in [-0.39, 0.29) is 28.5 Å². The first kappa shape index (κ1) is 23.8. The third-order valence-corrected chi connectivity index (χ3v) is 6.62. The lowest BCUT2D eigenvalue weighted by Gasteiger charge is -2.43. The van der Waals surface area contributed by atoms with Crippen LogP contribution in [0.3, 0.4) is 0 Å². The second-order valence-electron chi connectivity index (χ2n) is 7.72. The van der Waals surface area contributed by atoms with E-state index in [2.05, 4.69) is 10.6 Å². The van der Waals surface area contributed by atoms with E-state index >= 15 is 0 Å². The summed E-state index contributed by atoms with van der Waals surface area (Å²) in [6.45, 7) is -0.663. The van der Waals surface area contributed by atoms with Gasteiger partial charge in [-0.25, -0.2) is 0 Å². The SMILES string of the molecule is O=C(NCC(CC1(C(F)(F)F)CC1)C1(C(F)(F)F)C=CC=CN1)c1cccc(Cl)c1Cl. The molecule has 1 heterocycles. The van der Waals surface area contributed by atoms with Crippen LogP contribution < -0.4 is 10.6 Å². The van der Waals surface area contributed by atoms with Crippen molar-refractivity contribution in [3.63, 3.8) is 0 Å². The summed E-state index contributed by atoms with van der Waals surface area (Å²) in [5.74, 6) is -2.47.